The number of rotatable bonds is 14. The van der Waals surface area contributed by atoms with Gasteiger partial charge in [-0.1, -0.05) is 37.3 Å². The zero-order valence-corrected chi connectivity index (χ0v) is 18.7. The predicted molar refractivity (Wildman–Crippen MR) is 122 cm³/mol. The Morgan fingerprint density at radius 3 is 2.48 bits per heavy atom. The van der Waals surface area contributed by atoms with E-state index >= 15 is 0 Å². The van der Waals surface area contributed by atoms with Crippen molar-refractivity contribution >= 4 is 23.3 Å². The highest BCUT2D eigenvalue weighted by Crippen LogP contribution is 2.22. The Morgan fingerprint density at radius 1 is 1.06 bits per heavy atom. The number of ether oxygens (including phenoxy) is 2. The molecule has 2 atom stereocenters. The van der Waals surface area contributed by atoms with Gasteiger partial charge in [0.1, 0.15) is 0 Å². The number of hydrogen-bond acceptors (Lipinski definition) is 6. The third-order valence-corrected chi connectivity index (χ3v) is 6.02. The largest absolute Gasteiger partial charge is 0.478 e. The van der Waals surface area contributed by atoms with Crippen molar-refractivity contribution in [1.82, 2.24) is 0 Å². The molecule has 168 valence electrons. The summed E-state index contributed by atoms with van der Waals surface area (Å²) in [5.41, 5.74) is 7.10. The summed E-state index contributed by atoms with van der Waals surface area (Å²) in [5, 5.41) is 8.52. The summed E-state index contributed by atoms with van der Waals surface area (Å²) in [7, 11) is 0. The van der Waals surface area contributed by atoms with Crippen molar-refractivity contribution in [2.75, 3.05) is 6.61 Å². The minimum atomic E-state index is -1.20. The first-order valence-corrected chi connectivity index (χ1v) is 11.3. The highest BCUT2D eigenvalue weighted by molar-refractivity contribution is 7.11. The normalized spacial score (nSPS) is 13.2. The summed E-state index contributed by atoms with van der Waals surface area (Å²) >= 11 is 1.81. The summed E-state index contributed by atoms with van der Waals surface area (Å²) < 4.78 is 10.8. The van der Waals surface area contributed by atoms with Crippen LogP contribution in [0.2, 0.25) is 0 Å². The molecule has 2 rings (SSSR count). The molecule has 3 N–H and O–H groups in total. The SMILES string of the molecule is C[C@H](CCc1ccc(CCCCOCc2ccccc2)s1)C(N)OC(=O)C=CC(=O)O. The van der Waals surface area contributed by atoms with E-state index in [1.165, 1.54) is 15.3 Å². The van der Waals surface area contributed by atoms with Gasteiger partial charge in [-0.15, -0.1) is 11.3 Å². The highest BCUT2D eigenvalue weighted by Gasteiger charge is 2.16. The Labute approximate surface area is 187 Å². The summed E-state index contributed by atoms with van der Waals surface area (Å²) in [6, 6.07) is 14.5. The number of carbonyl (C=O) groups excluding carboxylic acids is 1. The van der Waals surface area contributed by atoms with Crippen molar-refractivity contribution in [3.63, 3.8) is 0 Å². The van der Waals surface area contributed by atoms with Gasteiger partial charge in [0.2, 0.25) is 0 Å². The lowest BCUT2D eigenvalue weighted by molar-refractivity contribution is -0.145. The summed E-state index contributed by atoms with van der Waals surface area (Å²) in [6.45, 7) is 3.35. The number of unbranched alkanes of at least 4 members (excludes halogenated alkanes) is 1. The van der Waals surface area contributed by atoms with Crippen molar-refractivity contribution in [2.24, 2.45) is 11.7 Å². The van der Waals surface area contributed by atoms with Crippen LogP contribution in [0.3, 0.4) is 0 Å². The second-order valence-corrected chi connectivity index (χ2v) is 8.71. The van der Waals surface area contributed by atoms with E-state index in [2.05, 4.69) is 24.3 Å². The number of esters is 1. The highest BCUT2D eigenvalue weighted by atomic mass is 32.1. The Morgan fingerprint density at radius 2 is 1.77 bits per heavy atom. The zero-order valence-electron chi connectivity index (χ0n) is 17.9. The lowest BCUT2D eigenvalue weighted by Gasteiger charge is -2.19. The maximum absolute atomic E-state index is 11.5. The van der Waals surface area contributed by atoms with Crippen LogP contribution in [0.15, 0.2) is 54.6 Å². The van der Waals surface area contributed by atoms with Gasteiger partial charge in [-0.3, -0.25) is 5.73 Å². The summed E-state index contributed by atoms with van der Waals surface area (Å²) in [5.74, 6) is -1.98. The minimum absolute atomic E-state index is 0.0329. The Hall–Kier alpha value is -2.48. The predicted octanol–water partition coefficient (Wildman–Crippen LogP) is 4.33. The minimum Gasteiger partial charge on any atom is -0.478 e. The monoisotopic (exact) mass is 445 g/mol. The summed E-state index contributed by atoms with van der Waals surface area (Å²) in [4.78, 5) is 24.6. The van der Waals surface area contributed by atoms with Gasteiger partial charge in [0, 0.05) is 34.4 Å². The van der Waals surface area contributed by atoms with Crippen LogP contribution in [-0.4, -0.2) is 29.9 Å². The number of carboxylic acid groups (broad SMARTS) is 1. The van der Waals surface area contributed by atoms with E-state index in [0.29, 0.717) is 6.61 Å². The molecule has 1 aromatic carbocycles. The van der Waals surface area contributed by atoms with Gasteiger partial charge in [-0.25, -0.2) is 9.59 Å². The van der Waals surface area contributed by atoms with E-state index in [4.69, 9.17) is 20.3 Å². The molecule has 31 heavy (non-hydrogen) atoms. The van der Waals surface area contributed by atoms with Gasteiger partial charge < -0.3 is 14.6 Å². The molecule has 0 bridgehead atoms. The van der Waals surface area contributed by atoms with Crippen molar-refractivity contribution in [3.05, 3.63) is 69.9 Å². The number of carbonyl (C=O) groups is 2. The van der Waals surface area contributed by atoms with Gasteiger partial charge in [0.25, 0.3) is 0 Å². The first-order chi connectivity index (χ1) is 14.9. The number of benzene rings is 1. The second kappa shape index (κ2) is 13.7. The molecular weight excluding hydrogens is 414 g/mol. The quantitative estimate of drug-likeness (QED) is 0.194. The lowest BCUT2D eigenvalue weighted by Crippen LogP contribution is -2.33. The third-order valence-electron chi connectivity index (χ3n) is 4.81. The van der Waals surface area contributed by atoms with Crippen molar-refractivity contribution < 1.29 is 24.2 Å². The van der Waals surface area contributed by atoms with Gasteiger partial charge in [-0.2, -0.15) is 0 Å². The molecule has 0 fully saturated rings. The van der Waals surface area contributed by atoms with Crippen LogP contribution in [0, 0.1) is 5.92 Å². The molecule has 0 saturated heterocycles. The third kappa shape index (κ3) is 10.4. The molecule has 7 heteroatoms. The lowest BCUT2D eigenvalue weighted by atomic mass is 10.0. The fraction of sp³-hybridized carbons (Fsp3) is 0.417. The maximum atomic E-state index is 11.5. The number of carboxylic acids is 1. The number of thiophene rings is 1. The fourth-order valence-corrected chi connectivity index (χ4v) is 4.00. The van der Waals surface area contributed by atoms with Crippen molar-refractivity contribution in [1.29, 1.82) is 0 Å². The van der Waals surface area contributed by atoms with Crippen molar-refractivity contribution in [3.8, 4) is 0 Å². The molecule has 2 aromatic rings. The van der Waals surface area contributed by atoms with Crippen LogP contribution in [0.4, 0.5) is 0 Å². The van der Waals surface area contributed by atoms with Crippen LogP contribution in [0.25, 0.3) is 0 Å². The molecule has 1 aromatic heterocycles. The van der Waals surface area contributed by atoms with E-state index in [1.54, 1.807) is 11.3 Å². The van der Waals surface area contributed by atoms with Gasteiger partial charge >= 0.3 is 11.9 Å². The molecule has 0 spiro atoms. The Bertz CT molecular complexity index is 834. The van der Waals surface area contributed by atoms with Crippen LogP contribution < -0.4 is 5.73 Å². The molecular formula is C24H31NO5S. The summed E-state index contributed by atoms with van der Waals surface area (Å²) in [6.07, 6.45) is 5.66. The Balaban J connectivity index is 1.60. The number of aliphatic carboxylic acids is 1. The van der Waals surface area contributed by atoms with E-state index < -0.39 is 18.2 Å². The van der Waals surface area contributed by atoms with Gasteiger partial charge in [0.05, 0.1) is 6.61 Å². The molecule has 0 saturated carbocycles. The van der Waals surface area contributed by atoms with Crippen LogP contribution >= 0.6 is 11.3 Å². The number of aryl methyl sites for hydroxylation is 2. The average molecular weight is 446 g/mol. The van der Waals surface area contributed by atoms with E-state index in [-0.39, 0.29) is 5.92 Å². The Kier molecular flexibility index (Phi) is 11.0. The van der Waals surface area contributed by atoms with Gasteiger partial charge in [0.15, 0.2) is 6.23 Å². The van der Waals surface area contributed by atoms with Crippen LogP contribution in [0.1, 0.15) is 41.5 Å². The molecule has 0 aliphatic carbocycles. The molecule has 1 heterocycles. The van der Waals surface area contributed by atoms with E-state index in [1.807, 2.05) is 25.1 Å². The molecule has 0 amide bonds. The molecule has 0 aliphatic heterocycles. The molecule has 6 nitrogen and oxygen atoms in total. The zero-order chi connectivity index (χ0) is 22.5. The fourth-order valence-electron chi connectivity index (χ4n) is 2.92. The van der Waals surface area contributed by atoms with E-state index in [9.17, 15) is 9.59 Å². The van der Waals surface area contributed by atoms with E-state index in [0.717, 1.165) is 50.9 Å². The molecule has 0 radical (unpaired) electrons. The van der Waals surface area contributed by atoms with Crippen LogP contribution in [0.5, 0.6) is 0 Å². The number of hydrogen-bond donors (Lipinski definition) is 2. The molecule has 1 unspecified atom stereocenters. The smallest absolute Gasteiger partial charge is 0.332 e. The molecule has 0 aliphatic rings. The second-order valence-electron chi connectivity index (χ2n) is 7.45. The first kappa shape index (κ1) is 24.8. The average Bonchev–Trinajstić information content (AvgIpc) is 3.21. The number of nitrogens with two attached hydrogens (primary N) is 1. The maximum Gasteiger partial charge on any atom is 0.332 e. The topological polar surface area (TPSA) is 98.9 Å². The first-order valence-electron chi connectivity index (χ1n) is 10.5. The van der Waals surface area contributed by atoms with Gasteiger partial charge in [-0.05, 0) is 49.8 Å². The standard InChI is InChI=1S/C24H31NO5S/c1-18(24(25)30-23(28)15-14-22(26)27)10-11-21-13-12-20(31-21)9-5-6-16-29-17-19-7-3-2-4-8-19/h2-4,7-8,12-15,18,24H,5-6,9-11,16-17,25H2,1H3,(H,26,27)/t18-,24?/m1/s1. The van der Waals surface area contributed by atoms with Crippen molar-refractivity contribution in [2.45, 2.75) is 51.9 Å². The van der Waals surface area contributed by atoms with Crippen LogP contribution in [-0.2, 0) is 38.5 Å².